The molecule has 0 aliphatic heterocycles. The predicted molar refractivity (Wildman–Crippen MR) is 80.8 cm³/mol. The Kier molecular flexibility index (Phi) is 5.42. The van der Waals surface area contributed by atoms with Crippen LogP contribution in [0.2, 0.25) is 0 Å². The molecule has 2 aromatic carbocycles. The van der Waals surface area contributed by atoms with Crippen LogP contribution in [0.4, 0.5) is 13.2 Å². The van der Waals surface area contributed by atoms with Gasteiger partial charge in [-0.15, -0.1) is 0 Å². The van der Waals surface area contributed by atoms with Crippen molar-refractivity contribution in [2.24, 2.45) is 0 Å². The fourth-order valence-corrected chi connectivity index (χ4v) is 2.56. The first-order valence-corrected chi connectivity index (χ1v) is 7.33. The molecule has 2 rings (SSSR count). The van der Waals surface area contributed by atoms with Crippen LogP contribution in [0.25, 0.3) is 0 Å². The zero-order valence-corrected chi connectivity index (χ0v) is 12.8. The minimum atomic E-state index is -4.20. The summed E-state index contributed by atoms with van der Waals surface area (Å²) in [6.07, 6.45) is -5.09. The Morgan fingerprint density at radius 1 is 1.00 bits per heavy atom. The number of nitrogens with one attached hydrogen (secondary N) is 1. The van der Waals surface area contributed by atoms with Crippen molar-refractivity contribution in [3.05, 3.63) is 70.2 Å². The standard InChI is InChI=1S/C16H15BrF3N/c17-14-8-4-5-12(9-14)11-21-15(10-16(18,19)20)13-6-2-1-3-7-13/h1-9,15,21H,10-11H2. The number of halogens is 4. The highest BCUT2D eigenvalue weighted by molar-refractivity contribution is 9.10. The summed E-state index contributed by atoms with van der Waals surface area (Å²) in [4.78, 5) is 0. The first kappa shape index (κ1) is 16.0. The molecule has 0 saturated carbocycles. The second-order valence-electron chi connectivity index (χ2n) is 4.79. The van der Waals surface area contributed by atoms with Gasteiger partial charge in [0.05, 0.1) is 6.42 Å². The Balaban J connectivity index is 2.09. The van der Waals surface area contributed by atoms with E-state index in [0.29, 0.717) is 12.1 Å². The van der Waals surface area contributed by atoms with Crippen LogP contribution in [0.3, 0.4) is 0 Å². The molecule has 21 heavy (non-hydrogen) atoms. The lowest BCUT2D eigenvalue weighted by molar-refractivity contribution is -0.140. The Labute approximate surface area is 130 Å². The first-order valence-electron chi connectivity index (χ1n) is 6.53. The lowest BCUT2D eigenvalue weighted by Gasteiger charge is -2.21. The van der Waals surface area contributed by atoms with E-state index < -0.39 is 18.6 Å². The summed E-state index contributed by atoms with van der Waals surface area (Å²) < 4.78 is 39.1. The van der Waals surface area contributed by atoms with Crippen molar-refractivity contribution in [3.63, 3.8) is 0 Å². The van der Waals surface area contributed by atoms with Gasteiger partial charge >= 0.3 is 6.18 Å². The SMILES string of the molecule is FC(F)(F)CC(NCc1cccc(Br)c1)c1ccccc1. The molecule has 112 valence electrons. The molecule has 1 unspecified atom stereocenters. The summed E-state index contributed by atoms with van der Waals surface area (Å²) >= 11 is 3.36. The highest BCUT2D eigenvalue weighted by atomic mass is 79.9. The third-order valence-electron chi connectivity index (χ3n) is 3.08. The van der Waals surface area contributed by atoms with Crippen molar-refractivity contribution in [3.8, 4) is 0 Å². The van der Waals surface area contributed by atoms with Crippen LogP contribution >= 0.6 is 15.9 Å². The number of hydrogen-bond donors (Lipinski definition) is 1. The average Bonchev–Trinajstić information content (AvgIpc) is 2.43. The van der Waals surface area contributed by atoms with E-state index >= 15 is 0 Å². The Bertz CT molecular complexity index is 569. The third-order valence-corrected chi connectivity index (χ3v) is 3.57. The molecular weight excluding hydrogens is 343 g/mol. The van der Waals surface area contributed by atoms with Gasteiger partial charge in [-0.1, -0.05) is 58.4 Å². The van der Waals surface area contributed by atoms with Crippen LogP contribution in [-0.2, 0) is 6.54 Å². The van der Waals surface area contributed by atoms with E-state index in [1.165, 1.54) is 0 Å². The second-order valence-corrected chi connectivity index (χ2v) is 5.71. The minimum Gasteiger partial charge on any atom is -0.306 e. The molecule has 0 aromatic heterocycles. The van der Waals surface area contributed by atoms with Gasteiger partial charge in [0.2, 0.25) is 0 Å². The van der Waals surface area contributed by atoms with Crippen molar-refractivity contribution in [1.82, 2.24) is 5.32 Å². The molecule has 0 radical (unpaired) electrons. The smallest absolute Gasteiger partial charge is 0.306 e. The van der Waals surface area contributed by atoms with Crippen LogP contribution in [-0.4, -0.2) is 6.18 Å². The van der Waals surface area contributed by atoms with Gasteiger partial charge < -0.3 is 5.32 Å². The maximum atomic E-state index is 12.7. The van der Waals surface area contributed by atoms with Gasteiger partial charge in [-0.05, 0) is 23.3 Å². The molecule has 0 saturated heterocycles. The molecule has 0 heterocycles. The van der Waals surface area contributed by atoms with E-state index in [0.717, 1.165) is 10.0 Å². The number of rotatable bonds is 5. The molecule has 0 amide bonds. The number of hydrogen-bond acceptors (Lipinski definition) is 1. The maximum Gasteiger partial charge on any atom is 0.390 e. The molecule has 0 aliphatic rings. The van der Waals surface area contributed by atoms with Crippen LogP contribution in [0.5, 0.6) is 0 Å². The van der Waals surface area contributed by atoms with Gasteiger partial charge in [-0.25, -0.2) is 0 Å². The summed E-state index contributed by atoms with van der Waals surface area (Å²) in [6.45, 7) is 0.384. The summed E-state index contributed by atoms with van der Waals surface area (Å²) in [5, 5.41) is 3.00. The van der Waals surface area contributed by atoms with Crippen molar-refractivity contribution in [2.45, 2.75) is 25.2 Å². The average molecular weight is 358 g/mol. The summed E-state index contributed by atoms with van der Waals surface area (Å²) in [6, 6.07) is 15.5. The van der Waals surface area contributed by atoms with Crippen molar-refractivity contribution >= 4 is 15.9 Å². The van der Waals surface area contributed by atoms with Gasteiger partial charge in [-0.2, -0.15) is 13.2 Å². The van der Waals surface area contributed by atoms with E-state index in [4.69, 9.17) is 0 Å². The molecule has 1 nitrogen and oxygen atoms in total. The molecule has 0 bridgehead atoms. The molecule has 2 aromatic rings. The quantitative estimate of drug-likeness (QED) is 0.772. The maximum absolute atomic E-state index is 12.7. The summed E-state index contributed by atoms with van der Waals surface area (Å²) in [5.41, 5.74) is 1.58. The van der Waals surface area contributed by atoms with Gasteiger partial charge in [0.15, 0.2) is 0 Å². The highest BCUT2D eigenvalue weighted by Crippen LogP contribution is 2.29. The largest absolute Gasteiger partial charge is 0.390 e. The van der Waals surface area contributed by atoms with Gasteiger partial charge in [0.1, 0.15) is 0 Å². The number of alkyl halides is 3. The Hall–Kier alpha value is -1.33. The monoisotopic (exact) mass is 357 g/mol. The second kappa shape index (κ2) is 7.09. The fraction of sp³-hybridized carbons (Fsp3) is 0.250. The lowest BCUT2D eigenvalue weighted by atomic mass is 10.0. The van der Waals surface area contributed by atoms with Crippen molar-refractivity contribution in [2.75, 3.05) is 0 Å². The zero-order valence-electron chi connectivity index (χ0n) is 11.2. The highest BCUT2D eigenvalue weighted by Gasteiger charge is 2.32. The van der Waals surface area contributed by atoms with E-state index in [1.54, 1.807) is 30.3 Å². The van der Waals surface area contributed by atoms with Crippen molar-refractivity contribution < 1.29 is 13.2 Å². The molecular formula is C16H15BrF3N. The predicted octanol–water partition coefficient (Wildman–Crippen LogP) is 5.23. The molecule has 1 N–H and O–H groups in total. The Morgan fingerprint density at radius 3 is 2.33 bits per heavy atom. The van der Waals surface area contributed by atoms with Crippen LogP contribution in [0.1, 0.15) is 23.6 Å². The topological polar surface area (TPSA) is 12.0 Å². The minimum absolute atomic E-state index is 0.384. The Morgan fingerprint density at radius 2 is 1.71 bits per heavy atom. The summed E-state index contributed by atoms with van der Waals surface area (Å²) in [5.74, 6) is 0. The molecule has 1 atom stereocenters. The molecule has 0 spiro atoms. The molecule has 5 heteroatoms. The normalized spacial score (nSPS) is 13.1. The van der Waals surface area contributed by atoms with E-state index in [2.05, 4.69) is 21.2 Å². The fourth-order valence-electron chi connectivity index (χ4n) is 2.11. The van der Waals surface area contributed by atoms with Gasteiger partial charge in [0, 0.05) is 17.1 Å². The molecule has 0 aliphatic carbocycles. The van der Waals surface area contributed by atoms with Crippen LogP contribution in [0.15, 0.2) is 59.1 Å². The zero-order chi connectivity index (χ0) is 15.3. The van der Waals surface area contributed by atoms with E-state index in [-0.39, 0.29) is 0 Å². The van der Waals surface area contributed by atoms with E-state index in [1.807, 2.05) is 24.3 Å². The first-order chi connectivity index (χ1) is 9.94. The van der Waals surface area contributed by atoms with E-state index in [9.17, 15) is 13.2 Å². The summed E-state index contributed by atoms with van der Waals surface area (Å²) in [7, 11) is 0. The van der Waals surface area contributed by atoms with Gasteiger partial charge in [0.25, 0.3) is 0 Å². The third kappa shape index (κ3) is 5.52. The molecule has 0 fully saturated rings. The van der Waals surface area contributed by atoms with Crippen LogP contribution in [0, 0.1) is 0 Å². The van der Waals surface area contributed by atoms with Crippen molar-refractivity contribution in [1.29, 1.82) is 0 Å². The lowest BCUT2D eigenvalue weighted by Crippen LogP contribution is -2.26. The number of benzene rings is 2. The van der Waals surface area contributed by atoms with Crippen LogP contribution < -0.4 is 5.32 Å². The van der Waals surface area contributed by atoms with Gasteiger partial charge in [-0.3, -0.25) is 0 Å².